The van der Waals surface area contributed by atoms with Crippen molar-refractivity contribution in [3.8, 4) is 0 Å². The fourth-order valence-corrected chi connectivity index (χ4v) is 2.69. The summed E-state index contributed by atoms with van der Waals surface area (Å²) in [7, 11) is 0. The van der Waals surface area contributed by atoms with Crippen molar-refractivity contribution in [2.24, 2.45) is 16.7 Å². The lowest BCUT2D eigenvalue weighted by atomic mass is 9.65. The molecule has 1 rings (SSSR count). The first kappa shape index (κ1) is 15.0. The monoisotopic (exact) mass is 256 g/mol. The number of carbonyl (C=O) groups excluding carboxylic acids is 1. The number of carboxylic acids is 1. The minimum absolute atomic E-state index is 0.288. The average Bonchev–Trinajstić information content (AvgIpc) is 2.36. The summed E-state index contributed by atoms with van der Waals surface area (Å²) in [6, 6.07) is 0. The van der Waals surface area contributed by atoms with Gasteiger partial charge in [0.15, 0.2) is 0 Å². The maximum atomic E-state index is 12.4. The fourth-order valence-electron chi connectivity index (χ4n) is 2.69. The molecular formula is C14H24O4. The molecule has 0 spiro atoms. The van der Waals surface area contributed by atoms with E-state index in [9.17, 15) is 14.7 Å². The second-order valence-corrected chi connectivity index (χ2v) is 6.99. The van der Waals surface area contributed by atoms with Crippen LogP contribution < -0.4 is 0 Å². The summed E-state index contributed by atoms with van der Waals surface area (Å²) in [4.78, 5) is 23.6. The van der Waals surface area contributed by atoms with E-state index < -0.39 is 28.3 Å². The fraction of sp³-hybridized carbons (Fsp3) is 0.857. The van der Waals surface area contributed by atoms with Crippen LogP contribution in [0.4, 0.5) is 0 Å². The number of carbonyl (C=O) groups is 2. The molecule has 0 bridgehead atoms. The molecule has 1 aliphatic rings. The van der Waals surface area contributed by atoms with Crippen molar-refractivity contribution in [1.29, 1.82) is 0 Å². The minimum Gasteiger partial charge on any atom is -0.481 e. The quantitative estimate of drug-likeness (QED) is 0.772. The van der Waals surface area contributed by atoms with E-state index in [0.29, 0.717) is 12.8 Å². The summed E-state index contributed by atoms with van der Waals surface area (Å²) in [5.74, 6) is -1.61. The Morgan fingerprint density at radius 1 is 1.22 bits per heavy atom. The number of carboxylic acid groups (broad SMARTS) is 1. The van der Waals surface area contributed by atoms with Gasteiger partial charge in [0.05, 0.1) is 11.3 Å². The summed E-state index contributed by atoms with van der Waals surface area (Å²) in [6.45, 7) is 11.0. The van der Waals surface area contributed by atoms with Crippen LogP contribution in [0.1, 0.15) is 54.4 Å². The van der Waals surface area contributed by atoms with Crippen molar-refractivity contribution in [1.82, 2.24) is 0 Å². The van der Waals surface area contributed by atoms with Gasteiger partial charge in [-0.05, 0) is 46.0 Å². The van der Waals surface area contributed by atoms with Crippen molar-refractivity contribution in [3.05, 3.63) is 0 Å². The lowest BCUT2D eigenvalue weighted by Crippen LogP contribution is -2.45. The second kappa shape index (κ2) is 4.25. The number of hydrogen-bond donors (Lipinski definition) is 1. The molecule has 1 fully saturated rings. The zero-order valence-electron chi connectivity index (χ0n) is 12.2. The maximum absolute atomic E-state index is 12.4. The molecule has 0 amide bonds. The summed E-state index contributed by atoms with van der Waals surface area (Å²) in [6.07, 6.45) is 1.09. The smallest absolute Gasteiger partial charge is 0.312 e. The van der Waals surface area contributed by atoms with E-state index in [1.165, 1.54) is 0 Å². The van der Waals surface area contributed by atoms with Gasteiger partial charge in [0.2, 0.25) is 0 Å². The third-order valence-corrected chi connectivity index (χ3v) is 4.37. The molecule has 0 aromatic heterocycles. The molecule has 4 heteroatoms. The minimum atomic E-state index is -0.827. The average molecular weight is 256 g/mol. The maximum Gasteiger partial charge on any atom is 0.312 e. The van der Waals surface area contributed by atoms with Gasteiger partial charge in [-0.15, -0.1) is 0 Å². The molecule has 1 saturated carbocycles. The Bertz CT molecular complexity index is 364. The summed E-state index contributed by atoms with van der Waals surface area (Å²) >= 11 is 0. The highest BCUT2D eigenvalue weighted by Gasteiger charge is 2.59. The van der Waals surface area contributed by atoms with Crippen molar-refractivity contribution >= 4 is 11.9 Å². The van der Waals surface area contributed by atoms with Crippen LogP contribution in [0.3, 0.4) is 0 Å². The molecule has 4 nitrogen and oxygen atoms in total. The third kappa shape index (κ3) is 2.38. The van der Waals surface area contributed by atoms with Gasteiger partial charge in [0.1, 0.15) is 5.60 Å². The van der Waals surface area contributed by atoms with Crippen molar-refractivity contribution in [2.45, 2.75) is 60.0 Å². The Labute approximate surface area is 109 Å². The van der Waals surface area contributed by atoms with Gasteiger partial charge in [0.25, 0.3) is 0 Å². The SMILES string of the molecule is CC(C)(C)OC(=O)[C@]1(C)CC[C@H](C(=O)O)C1(C)C. The van der Waals surface area contributed by atoms with Crippen LogP contribution in [0.25, 0.3) is 0 Å². The van der Waals surface area contributed by atoms with Crippen molar-refractivity contribution in [2.75, 3.05) is 0 Å². The van der Waals surface area contributed by atoms with Crippen molar-refractivity contribution < 1.29 is 19.4 Å². The van der Waals surface area contributed by atoms with E-state index in [0.717, 1.165) is 0 Å². The molecule has 0 saturated heterocycles. The van der Waals surface area contributed by atoms with Crippen LogP contribution in [0, 0.1) is 16.7 Å². The molecule has 0 unspecified atom stereocenters. The normalized spacial score (nSPS) is 31.1. The van der Waals surface area contributed by atoms with Gasteiger partial charge >= 0.3 is 11.9 Å². The lowest BCUT2D eigenvalue weighted by Gasteiger charge is -2.39. The highest BCUT2D eigenvalue weighted by molar-refractivity contribution is 5.81. The number of esters is 1. The highest BCUT2D eigenvalue weighted by Crippen LogP contribution is 2.56. The van der Waals surface area contributed by atoms with Crippen LogP contribution in [0.5, 0.6) is 0 Å². The Morgan fingerprint density at radius 2 is 1.72 bits per heavy atom. The largest absolute Gasteiger partial charge is 0.481 e. The molecule has 0 aromatic carbocycles. The van der Waals surface area contributed by atoms with Crippen LogP contribution in [0.15, 0.2) is 0 Å². The first-order valence-electron chi connectivity index (χ1n) is 6.38. The number of ether oxygens (including phenoxy) is 1. The predicted octanol–water partition coefficient (Wildman–Crippen LogP) is 2.86. The Hall–Kier alpha value is -1.06. The predicted molar refractivity (Wildman–Crippen MR) is 68.1 cm³/mol. The molecule has 0 radical (unpaired) electrons. The van der Waals surface area contributed by atoms with Crippen LogP contribution in [0.2, 0.25) is 0 Å². The molecule has 0 aromatic rings. The first-order valence-corrected chi connectivity index (χ1v) is 6.38. The van der Waals surface area contributed by atoms with E-state index in [-0.39, 0.29) is 5.97 Å². The molecule has 1 N–H and O–H groups in total. The second-order valence-electron chi connectivity index (χ2n) is 6.99. The lowest BCUT2D eigenvalue weighted by molar-refractivity contribution is -0.174. The number of aliphatic carboxylic acids is 1. The molecular weight excluding hydrogens is 232 g/mol. The van der Waals surface area contributed by atoms with Gasteiger partial charge in [-0.1, -0.05) is 13.8 Å². The zero-order chi connectivity index (χ0) is 14.4. The van der Waals surface area contributed by atoms with Gasteiger partial charge in [0, 0.05) is 0 Å². The third-order valence-electron chi connectivity index (χ3n) is 4.37. The Balaban J connectivity index is 3.01. The van der Waals surface area contributed by atoms with E-state index in [1.54, 1.807) is 0 Å². The van der Waals surface area contributed by atoms with Gasteiger partial charge in [-0.3, -0.25) is 9.59 Å². The van der Waals surface area contributed by atoms with E-state index >= 15 is 0 Å². The number of rotatable bonds is 2. The molecule has 2 atom stereocenters. The van der Waals surface area contributed by atoms with Gasteiger partial charge < -0.3 is 9.84 Å². The molecule has 18 heavy (non-hydrogen) atoms. The molecule has 1 aliphatic carbocycles. The number of hydrogen-bond acceptors (Lipinski definition) is 3. The van der Waals surface area contributed by atoms with Gasteiger partial charge in [-0.25, -0.2) is 0 Å². The topological polar surface area (TPSA) is 63.6 Å². The summed E-state index contributed by atoms with van der Waals surface area (Å²) < 4.78 is 5.46. The van der Waals surface area contributed by atoms with Crippen LogP contribution in [-0.4, -0.2) is 22.6 Å². The van der Waals surface area contributed by atoms with E-state index in [2.05, 4.69) is 0 Å². The first-order chi connectivity index (χ1) is 7.92. The van der Waals surface area contributed by atoms with Crippen LogP contribution >= 0.6 is 0 Å². The Kier molecular flexibility index (Phi) is 3.54. The zero-order valence-corrected chi connectivity index (χ0v) is 12.2. The summed E-state index contributed by atoms with van der Waals surface area (Å²) in [5.41, 5.74) is -1.87. The molecule has 0 aliphatic heterocycles. The standard InChI is InChI=1S/C14H24O4/c1-12(2,3)18-11(17)14(6)8-7-9(10(15)16)13(14,4)5/h9H,7-8H2,1-6H3,(H,15,16)/t9-,14+/m1/s1. The molecule has 104 valence electrons. The van der Waals surface area contributed by atoms with Gasteiger partial charge in [-0.2, -0.15) is 0 Å². The molecule has 0 heterocycles. The van der Waals surface area contributed by atoms with Crippen LogP contribution in [-0.2, 0) is 14.3 Å². The highest BCUT2D eigenvalue weighted by atomic mass is 16.6. The summed E-state index contributed by atoms with van der Waals surface area (Å²) in [5, 5.41) is 9.24. The van der Waals surface area contributed by atoms with Crippen molar-refractivity contribution in [3.63, 3.8) is 0 Å². The van der Waals surface area contributed by atoms with E-state index in [4.69, 9.17) is 4.74 Å². The Morgan fingerprint density at radius 3 is 2.06 bits per heavy atom. The van der Waals surface area contributed by atoms with E-state index in [1.807, 2.05) is 41.5 Å².